The lowest BCUT2D eigenvalue weighted by Gasteiger charge is -2.19. The fourth-order valence-corrected chi connectivity index (χ4v) is 3.69. The molecule has 0 fully saturated rings. The molecule has 1 aliphatic heterocycles. The minimum atomic E-state index is -3.58. The molecule has 0 saturated carbocycles. The van der Waals surface area contributed by atoms with Crippen molar-refractivity contribution in [3.05, 3.63) is 45.9 Å². The summed E-state index contributed by atoms with van der Waals surface area (Å²) in [7, 11) is 0.918. The predicted octanol–water partition coefficient (Wildman–Crippen LogP) is 0.167. The molecule has 1 amide bonds. The zero-order chi connectivity index (χ0) is 17.6. The van der Waals surface area contributed by atoms with Gasteiger partial charge in [-0.3, -0.25) is 19.4 Å². The van der Waals surface area contributed by atoms with E-state index >= 15 is 0 Å². The number of anilines is 1. The van der Waals surface area contributed by atoms with Gasteiger partial charge in [-0.15, -0.1) is 0 Å². The van der Waals surface area contributed by atoms with Gasteiger partial charge in [0.2, 0.25) is 10.0 Å². The van der Waals surface area contributed by atoms with Crippen LogP contribution in [0.4, 0.5) is 5.69 Å². The Morgan fingerprint density at radius 2 is 1.96 bits per heavy atom. The third kappa shape index (κ3) is 2.55. The van der Waals surface area contributed by atoms with Crippen LogP contribution in [-0.2, 0) is 23.5 Å². The number of hydrogen-bond acceptors (Lipinski definition) is 4. The van der Waals surface area contributed by atoms with Gasteiger partial charge in [0.05, 0.1) is 4.90 Å². The number of benzene rings is 1. The van der Waals surface area contributed by atoms with Crippen molar-refractivity contribution in [3.8, 4) is 0 Å². The summed E-state index contributed by atoms with van der Waals surface area (Å²) in [6.07, 6.45) is 0.641. The van der Waals surface area contributed by atoms with Crippen molar-refractivity contribution in [2.24, 2.45) is 7.05 Å². The summed E-state index contributed by atoms with van der Waals surface area (Å²) in [5, 5.41) is 2.50. The van der Waals surface area contributed by atoms with E-state index in [-0.39, 0.29) is 22.1 Å². The first-order valence-corrected chi connectivity index (χ1v) is 8.79. The van der Waals surface area contributed by atoms with Gasteiger partial charge in [-0.1, -0.05) is 6.07 Å². The van der Waals surface area contributed by atoms with Crippen LogP contribution in [0.25, 0.3) is 0 Å². The number of nitrogens with zero attached hydrogens (tertiary/aromatic N) is 3. The molecular weight excluding hydrogens is 332 g/mol. The summed E-state index contributed by atoms with van der Waals surface area (Å²) in [5.74, 6) is -0.339. The van der Waals surface area contributed by atoms with E-state index in [1.165, 1.54) is 35.8 Å². The van der Waals surface area contributed by atoms with Crippen LogP contribution >= 0.6 is 0 Å². The van der Waals surface area contributed by atoms with Gasteiger partial charge < -0.3 is 4.90 Å². The van der Waals surface area contributed by atoms with Crippen LogP contribution in [0.15, 0.2) is 34.0 Å². The first kappa shape index (κ1) is 16.5. The number of carbonyl (C=O) groups is 1. The highest BCUT2D eigenvalue weighted by Gasteiger charge is 2.29. The number of aryl methyl sites for hydroxylation is 1. The molecule has 1 aromatic heterocycles. The van der Waals surface area contributed by atoms with E-state index in [0.29, 0.717) is 18.7 Å². The van der Waals surface area contributed by atoms with Crippen molar-refractivity contribution in [1.82, 2.24) is 14.1 Å². The highest BCUT2D eigenvalue weighted by molar-refractivity contribution is 7.89. The van der Waals surface area contributed by atoms with Crippen LogP contribution in [0.1, 0.15) is 16.1 Å². The Bertz CT molecular complexity index is 972. The third-order valence-electron chi connectivity index (χ3n) is 4.10. The average Bonchev–Trinajstić information content (AvgIpc) is 3.08. The van der Waals surface area contributed by atoms with E-state index in [0.717, 1.165) is 9.87 Å². The first-order valence-electron chi connectivity index (χ1n) is 7.35. The fraction of sp³-hybridized carbons (Fsp3) is 0.333. The van der Waals surface area contributed by atoms with Crippen molar-refractivity contribution < 1.29 is 13.2 Å². The van der Waals surface area contributed by atoms with Gasteiger partial charge in [0, 0.05) is 39.4 Å². The third-order valence-corrected chi connectivity index (χ3v) is 5.91. The molecule has 2 aromatic rings. The summed E-state index contributed by atoms with van der Waals surface area (Å²) >= 11 is 0. The highest BCUT2D eigenvalue weighted by Crippen LogP contribution is 2.32. The van der Waals surface area contributed by atoms with Crippen LogP contribution in [0.3, 0.4) is 0 Å². The molecule has 2 heterocycles. The summed E-state index contributed by atoms with van der Waals surface area (Å²) in [6.45, 7) is 0.443. The van der Waals surface area contributed by atoms with Gasteiger partial charge in [0.25, 0.3) is 11.5 Å². The molecule has 0 spiro atoms. The van der Waals surface area contributed by atoms with E-state index in [9.17, 15) is 18.0 Å². The highest BCUT2D eigenvalue weighted by atomic mass is 32.2. The molecule has 128 valence electrons. The second kappa shape index (κ2) is 5.60. The van der Waals surface area contributed by atoms with Crippen LogP contribution in [-0.4, -0.2) is 49.1 Å². The molecule has 9 heteroatoms. The minimum Gasteiger partial charge on any atom is -0.306 e. The molecule has 8 nitrogen and oxygen atoms in total. The largest absolute Gasteiger partial charge is 0.306 e. The lowest BCUT2D eigenvalue weighted by atomic mass is 10.2. The van der Waals surface area contributed by atoms with Gasteiger partial charge in [0.1, 0.15) is 5.69 Å². The maximum absolute atomic E-state index is 12.7. The van der Waals surface area contributed by atoms with Gasteiger partial charge in [-0.05, 0) is 24.1 Å². The van der Waals surface area contributed by atoms with E-state index in [2.05, 4.69) is 5.10 Å². The van der Waals surface area contributed by atoms with Crippen molar-refractivity contribution in [2.45, 2.75) is 11.3 Å². The molecule has 3 rings (SSSR count). The number of fused-ring (bicyclic) bond motifs is 1. The van der Waals surface area contributed by atoms with Crippen LogP contribution in [0, 0.1) is 0 Å². The molecule has 1 aromatic carbocycles. The monoisotopic (exact) mass is 350 g/mol. The first-order chi connectivity index (χ1) is 11.2. The number of nitrogens with one attached hydrogen (secondary N) is 1. The number of rotatable bonds is 3. The van der Waals surface area contributed by atoms with Gasteiger partial charge in [-0.2, -0.15) is 0 Å². The maximum Gasteiger partial charge on any atom is 0.276 e. The smallest absolute Gasteiger partial charge is 0.276 e. The lowest BCUT2D eigenvalue weighted by molar-refractivity contribution is 0.0980. The van der Waals surface area contributed by atoms with E-state index in [1.807, 2.05) is 0 Å². The van der Waals surface area contributed by atoms with Gasteiger partial charge >= 0.3 is 0 Å². The van der Waals surface area contributed by atoms with Crippen molar-refractivity contribution in [1.29, 1.82) is 0 Å². The number of H-pyrrole nitrogens is 1. The molecule has 0 bridgehead atoms. The summed E-state index contributed by atoms with van der Waals surface area (Å²) in [6, 6.07) is 6.03. The van der Waals surface area contributed by atoms with Crippen molar-refractivity contribution in [2.75, 3.05) is 25.5 Å². The molecule has 0 radical (unpaired) electrons. The van der Waals surface area contributed by atoms with Crippen LogP contribution in [0.5, 0.6) is 0 Å². The Kier molecular flexibility index (Phi) is 3.84. The number of hydrogen-bond donors (Lipinski definition) is 1. The van der Waals surface area contributed by atoms with Crippen molar-refractivity contribution >= 4 is 21.6 Å². The summed E-state index contributed by atoms with van der Waals surface area (Å²) < 4.78 is 27.1. The lowest BCUT2D eigenvalue weighted by Crippen LogP contribution is -2.31. The molecule has 0 aliphatic carbocycles. The predicted molar refractivity (Wildman–Crippen MR) is 88.7 cm³/mol. The van der Waals surface area contributed by atoms with Gasteiger partial charge in [-0.25, -0.2) is 12.7 Å². The standard InChI is InChI=1S/C15H18N4O4S/c1-17(2)24(22,23)11-5-4-10-6-7-19(12(10)8-11)15(21)13-9-14(20)16-18(13)3/h4-5,8-9H,6-7H2,1-3H3,(H,16,20). The Hall–Kier alpha value is -2.39. The summed E-state index contributed by atoms with van der Waals surface area (Å²) in [5.41, 5.74) is 1.34. The molecule has 1 aliphatic rings. The number of aromatic amines is 1. The Morgan fingerprint density at radius 3 is 2.54 bits per heavy atom. The number of aromatic nitrogens is 2. The molecule has 1 N–H and O–H groups in total. The van der Waals surface area contributed by atoms with E-state index in [4.69, 9.17) is 0 Å². The molecule has 0 saturated heterocycles. The molecule has 24 heavy (non-hydrogen) atoms. The van der Waals surface area contributed by atoms with E-state index in [1.54, 1.807) is 19.2 Å². The SMILES string of the molecule is CN(C)S(=O)(=O)c1ccc2c(c1)N(C(=O)c1cc(=O)[nH]n1C)CC2. The average molecular weight is 350 g/mol. The van der Waals surface area contributed by atoms with Crippen LogP contribution < -0.4 is 10.5 Å². The molecule has 0 atom stereocenters. The Balaban J connectivity index is 2.04. The van der Waals surface area contributed by atoms with Crippen molar-refractivity contribution in [3.63, 3.8) is 0 Å². The second-order valence-corrected chi connectivity index (χ2v) is 8.00. The maximum atomic E-state index is 12.7. The Labute approximate surface area is 139 Å². The van der Waals surface area contributed by atoms with Gasteiger partial charge in [0.15, 0.2) is 0 Å². The second-order valence-electron chi connectivity index (χ2n) is 5.85. The number of sulfonamides is 1. The zero-order valence-electron chi connectivity index (χ0n) is 13.6. The fourth-order valence-electron chi connectivity index (χ4n) is 2.76. The van der Waals surface area contributed by atoms with E-state index < -0.39 is 10.0 Å². The minimum absolute atomic E-state index is 0.133. The number of carbonyl (C=O) groups excluding carboxylic acids is 1. The number of amides is 1. The normalized spacial score (nSPS) is 14.2. The molecule has 0 unspecified atom stereocenters. The van der Waals surface area contributed by atoms with Crippen LogP contribution in [0.2, 0.25) is 0 Å². The Morgan fingerprint density at radius 1 is 1.25 bits per heavy atom. The summed E-state index contributed by atoms with van der Waals surface area (Å²) in [4.78, 5) is 25.8. The quantitative estimate of drug-likeness (QED) is 0.853. The molecular formula is C15H18N4O4S. The topological polar surface area (TPSA) is 95.5 Å². The zero-order valence-corrected chi connectivity index (χ0v) is 14.4.